The fourth-order valence-corrected chi connectivity index (χ4v) is 3.70. The first-order chi connectivity index (χ1) is 16.6. The van der Waals surface area contributed by atoms with Gasteiger partial charge in [0.25, 0.3) is 0 Å². The number of aromatic nitrogens is 1. The van der Waals surface area contributed by atoms with E-state index in [0.717, 1.165) is 43.1 Å². The lowest BCUT2D eigenvalue weighted by Crippen LogP contribution is -2.25. The number of carbonyl (C=O) groups excluding carboxylic acids is 3. The number of thiazole rings is 1. The van der Waals surface area contributed by atoms with E-state index in [4.69, 9.17) is 11.6 Å². The van der Waals surface area contributed by atoms with Crippen molar-refractivity contribution in [3.63, 3.8) is 0 Å². The molecule has 2 aromatic rings. The molecular formula is C24H31ClF3N3O3S. The van der Waals surface area contributed by atoms with Gasteiger partial charge in [0.05, 0.1) is 16.6 Å². The molecule has 194 valence electrons. The predicted molar refractivity (Wildman–Crippen MR) is 133 cm³/mol. The Hall–Kier alpha value is -2.46. The maximum Gasteiger partial charge on any atom is 0.417 e. The van der Waals surface area contributed by atoms with Gasteiger partial charge in [-0.3, -0.25) is 14.4 Å². The van der Waals surface area contributed by atoms with Crippen molar-refractivity contribution in [2.75, 3.05) is 18.4 Å². The highest BCUT2D eigenvalue weighted by Crippen LogP contribution is 2.33. The van der Waals surface area contributed by atoms with Crippen molar-refractivity contribution in [1.29, 1.82) is 0 Å². The predicted octanol–water partition coefficient (Wildman–Crippen LogP) is 6.44. The Labute approximate surface area is 212 Å². The third-order valence-electron chi connectivity index (χ3n) is 4.64. The van der Waals surface area contributed by atoms with Crippen LogP contribution in [0.4, 0.5) is 18.3 Å². The minimum atomic E-state index is -4.60. The van der Waals surface area contributed by atoms with E-state index < -0.39 is 17.5 Å². The summed E-state index contributed by atoms with van der Waals surface area (Å²) in [5.74, 6) is -0.686. The van der Waals surface area contributed by atoms with Crippen LogP contribution in [0.3, 0.4) is 0 Å². The van der Waals surface area contributed by atoms with Crippen molar-refractivity contribution in [2.45, 2.75) is 65.0 Å². The van der Waals surface area contributed by atoms with Gasteiger partial charge in [-0.2, -0.15) is 13.2 Å². The summed E-state index contributed by atoms with van der Waals surface area (Å²) in [4.78, 5) is 38.1. The number of hydrogen-bond donors (Lipinski definition) is 2. The molecule has 0 unspecified atom stereocenters. The summed E-state index contributed by atoms with van der Waals surface area (Å²) in [6.07, 6.45) is 2.16. The highest BCUT2D eigenvalue weighted by molar-refractivity contribution is 7.17. The zero-order chi connectivity index (χ0) is 26.3. The third-order valence-corrected chi connectivity index (χ3v) is 5.79. The van der Waals surface area contributed by atoms with Crippen LogP contribution in [0.15, 0.2) is 30.5 Å². The Kier molecular flexibility index (Phi) is 14.2. The quantitative estimate of drug-likeness (QED) is 0.176. The number of unbranched alkanes of at least 4 members (excludes halogenated alkanes) is 2. The molecule has 0 aliphatic rings. The summed E-state index contributed by atoms with van der Waals surface area (Å²) in [5, 5.41) is 6.06. The lowest BCUT2D eigenvalue weighted by Gasteiger charge is -2.10. The number of rotatable bonds is 13. The molecule has 0 spiro atoms. The molecule has 0 aliphatic heterocycles. The summed E-state index contributed by atoms with van der Waals surface area (Å²) in [6.45, 7) is 5.09. The van der Waals surface area contributed by atoms with Crippen LogP contribution in [0.5, 0.6) is 0 Å². The fraction of sp³-hybridized carbons (Fsp3) is 0.500. The lowest BCUT2D eigenvalue weighted by atomic mass is 10.0. The van der Waals surface area contributed by atoms with Crippen LogP contribution in [0.2, 0.25) is 0 Å². The van der Waals surface area contributed by atoms with E-state index in [1.54, 1.807) is 0 Å². The van der Waals surface area contributed by atoms with Gasteiger partial charge in [0.2, 0.25) is 16.9 Å². The van der Waals surface area contributed by atoms with E-state index in [9.17, 15) is 27.6 Å². The van der Waals surface area contributed by atoms with Gasteiger partial charge in [-0.05, 0) is 36.9 Å². The van der Waals surface area contributed by atoms with Crippen molar-refractivity contribution in [1.82, 2.24) is 10.3 Å². The second-order valence-corrected chi connectivity index (χ2v) is 9.05. The zero-order valence-corrected chi connectivity index (χ0v) is 21.4. The molecule has 11 heteroatoms. The Morgan fingerprint density at radius 3 is 2.26 bits per heavy atom. The smallest absolute Gasteiger partial charge is 0.361 e. The molecule has 35 heavy (non-hydrogen) atoms. The molecule has 1 amide bonds. The Bertz CT molecular complexity index is 951. The van der Waals surface area contributed by atoms with Crippen LogP contribution in [0.25, 0.3) is 0 Å². The van der Waals surface area contributed by atoms with E-state index in [1.807, 2.05) is 13.8 Å². The van der Waals surface area contributed by atoms with Gasteiger partial charge in [0, 0.05) is 31.5 Å². The maximum atomic E-state index is 13.1. The molecule has 2 N–H and O–H groups in total. The number of carbonyl (C=O) groups is 3. The number of amides is 1. The van der Waals surface area contributed by atoms with E-state index in [-0.39, 0.29) is 21.6 Å². The van der Waals surface area contributed by atoms with Crippen molar-refractivity contribution < 1.29 is 27.6 Å². The Morgan fingerprint density at radius 1 is 1.00 bits per heavy atom. The monoisotopic (exact) mass is 533 g/mol. The second kappa shape index (κ2) is 16.3. The summed E-state index contributed by atoms with van der Waals surface area (Å²) in [7, 11) is 0. The summed E-state index contributed by atoms with van der Waals surface area (Å²) >= 11 is 6.02. The van der Waals surface area contributed by atoms with E-state index >= 15 is 0 Å². The topological polar surface area (TPSA) is 88.2 Å². The number of benzene rings is 1. The molecule has 2 rings (SSSR count). The number of ketones is 1. The Balaban J connectivity index is 0.000000762. The van der Waals surface area contributed by atoms with Gasteiger partial charge >= 0.3 is 6.18 Å². The normalized spacial score (nSPS) is 10.8. The highest BCUT2D eigenvalue weighted by Gasteiger charge is 2.35. The molecule has 1 aromatic heterocycles. The van der Waals surface area contributed by atoms with Crippen LogP contribution in [0.1, 0.15) is 79.6 Å². The summed E-state index contributed by atoms with van der Waals surface area (Å²) < 4.78 is 39.3. The SMILES string of the molecule is CCCCC(=O)Cl.CCCCC(=O)NCCCNc1ncc(C(=O)c2ccccc2C(F)(F)F)s1. The number of anilines is 1. The average molecular weight is 534 g/mol. The fourth-order valence-electron chi connectivity index (χ4n) is 2.77. The number of halogens is 4. The molecule has 1 heterocycles. The molecule has 0 aliphatic carbocycles. The van der Waals surface area contributed by atoms with E-state index in [1.165, 1.54) is 24.4 Å². The zero-order valence-electron chi connectivity index (χ0n) is 19.8. The molecule has 1 aromatic carbocycles. The second-order valence-electron chi connectivity index (χ2n) is 7.59. The van der Waals surface area contributed by atoms with E-state index in [0.29, 0.717) is 37.5 Å². The molecule has 0 saturated carbocycles. The average Bonchev–Trinajstić information content (AvgIpc) is 3.29. The highest BCUT2D eigenvalue weighted by atomic mass is 35.5. The van der Waals surface area contributed by atoms with Crippen molar-refractivity contribution in [3.8, 4) is 0 Å². The van der Waals surface area contributed by atoms with Crippen LogP contribution < -0.4 is 10.6 Å². The van der Waals surface area contributed by atoms with Crippen LogP contribution >= 0.6 is 22.9 Å². The summed E-state index contributed by atoms with van der Waals surface area (Å²) in [6, 6.07) is 4.71. The number of nitrogens with one attached hydrogen (secondary N) is 2. The largest absolute Gasteiger partial charge is 0.417 e. The van der Waals surface area contributed by atoms with Gasteiger partial charge in [-0.25, -0.2) is 4.98 Å². The molecule has 0 fully saturated rings. The number of hydrogen-bond acceptors (Lipinski definition) is 6. The summed E-state index contributed by atoms with van der Waals surface area (Å²) in [5.41, 5.74) is -1.35. The van der Waals surface area contributed by atoms with Crippen LogP contribution in [-0.2, 0) is 15.8 Å². The maximum absolute atomic E-state index is 13.1. The van der Waals surface area contributed by atoms with Gasteiger partial charge in [0.15, 0.2) is 5.13 Å². The van der Waals surface area contributed by atoms with Crippen molar-refractivity contribution in [3.05, 3.63) is 46.5 Å². The van der Waals surface area contributed by atoms with Gasteiger partial charge in [-0.1, -0.05) is 56.2 Å². The third kappa shape index (κ3) is 12.2. The first kappa shape index (κ1) is 30.6. The van der Waals surface area contributed by atoms with Crippen molar-refractivity contribution >= 4 is 45.0 Å². The van der Waals surface area contributed by atoms with Gasteiger partial charge < -0.3 is 10.6 Å². The van der Waals surface area contributed by atoms with Crippen LogP contribution in [-0.4, -0.2) is 35.0 Å². The number of alkyl halides is 3. The Morgan fingerprint density at radius 2 is 1.66 bits per heavy atom. The molecule has 0 atom stereocenters. The van der Waals surface area contributed by atoms with E-state index in [2.05, 4.69) is 15.6 Å². The molecular weight excluding hydrogens is 503 g/mol. The van der Waals surface area contributed by atoms with Gasteiger partial charge in [0.1, 0.15) is 0 Å². The minimum absolute atomic E-state index is 0.0207. The molecule has 0 bridgehead atoms. The molecule has 0 radical (unpaired) electrons. The first-order valence-corrected chi connectivity index (χ1v) is 12.6. The van der Waals surface area contributed by atoms with Gasteiger partial charge in [-0.15, -0.1) is 0 Å². The minimum Gasteiger partial charge on any atom is -0.361 e. The van der Waals surface area contributed by atoms with Crippen molar-refractivity contribution in [2.24, 2.45) is 0 Å². The first-order valence-electron chi connectivity index (χ1n) is 11.5. The van der Waals surface area contributed by atoms with Crippen LogP contribution in [0, 0.1) is 0 Å². The standard InChI is InChI=1S/C19H22F3N3O2S.C5H9ClO/c1-2-3-9-16(26)23-10-6-11-24-18-25-12-15(28-18)17(27)13-7-4-5-8-14(13)19(20,21)22;1-2-3-4-5(6)7/h4-5,7-8,12H,2-3,6,9-11H2,1H3,(H,23,26)(H,24,25);2-4H2,1H3. The lowest BCUT2D eigenvalue weighted by molar-refractivity contribution is -0.137. The molecule has 6 nitrogen and oxygen atoms in total. The number of nitrogens with zero attached hydrogens (tertiary/aromatic N) is 1. The molecule has 0 saturated heterocycles.